The Kier molecular flexibility index (Phi) is 3.55. The van der Waals surface area contributed by atoms with Crippen molar-refractivity contribution in [3.05, 3.63) is 29.8 Å². The van der Waals surface area contributed by atoms with Crippen LogP contribution in [0.3, 0.4) is 0 Å². The minimum Gasteiger partial charge on any atom is -0.388 e. The fourth-order valence-corrected chi connectivity index (χ4v) is 3.48. The summed E-state index contributed by atoms with van der Waals surface area (Å²) in [5.41, 5.74) is 2.39. The summed E-state index contributed by atoms with van der Waals surface area (Å²) in [5, 5.41) is 10.1. The number of aliphatic hydroxyl groups excluding tert-OH is 1. The van der Waals surface area contributed by atoms with Gasteiger partial charge in [-0.05, 0) is 31.2 Å². The average Bonchev–Trinajstić information content (AvgIpc) is 2.44. The van der Waals surface area contributed by atoms with Crippen LogP contribution < -0.4 is 4.90 Å². The molecule has 2 nitrogen and oxygen atoms in total. The van der Waals surface area contributed by atoms with E-state index in [-0.39, 0.29) is 6.10 Å². The minimum atomic E-state index is -0.260. The zero-order valence-corrected chi connectivity index (χ0v) is 11.0. The largest absolute Gasteiger partial charge is 0.388 e. The SMILES string of the molecule is OC1CCN(CC2CCCCC2)c2ccccc21. The first-order valence-electron chi connectivity index (χ1n) is 7.36. The fraction of sp³-hybridized carbons (Fsp3) is 0.625. The standard InChI is InChI=1S/C16H23NO/c18-16-10-11-17(12-13-6-2-1-3-7-13)15-9-5-4-8-14(15)16/h4-5,8-9,13,16,18H,1-3,6-7,10-12H2. The van der Waals surface area contributed by atoms with Crippen molar-refractivity contribution >= 4 is 5.69 Å². The highest BCUT2D eigenvalue weighted by molar-refractivity contribution is 5.56. The third-order valence-corrected chi connectivity index (χ3v) is 4.51. The van der Waals surface area contributed by atoms with Gasteiger partial charge in [0, 0.05) is 24.3 Å². The van der Waals surface area contributed by atoms with E-state index in [1.165, 1.54) is 44.3 Å². The van der Waals surface area contributed by atoms with E-state index in [9.17, 15) is 5.11 Å². The monoisotopic (exact) mass is 245 g/mol. The molecule has 1 aromatic carbocycles. The summed E-state index contributed by atoms with van der Waals surface area (Å²) in [6, 6.07) is 8.37. The zero-order valence-electron chi connectivity index (χ0n) is 11.0. The Hall–Kier alpha value is -1.02. The first kappa shape index (κ1) is 12.0. The van der Waals surface area contributed by atoms with Crippen LogP contribution in [0, 0.1) is 5.92 Å². The number of hydrogen-bond donors (Lipinski definition) is 1. The molecule has 2 heteroatoms. The number of fused-ring (bicyclic) bond motifs is 1. The topological polar surface area (TPSA) is 23.5 Å². The van der Waals surface area contributed by atoms with E-state index < -0.39 is 0 Å². The number of para-hydroxylation sites is 1. The van der Waals surface area contributed by atoms with Gasteiger partial charge >= 0.3 is 0 Å². The van der Waals surface area contributed by atoms with Crippen molar-refractivity contribution in [1.82, 2.24) is 0 Å². The molecule has 1 N–H and O–H groups in total. The predicted octanol–water partition coefficient (Wildman–Crippen LogP) is 3.51. The van der Waals surface area contributed by atoms with Crippen LogP contribution in [-0.2, 0) is 0 Å². The Labute approximate surface area is 110 Å². The molecule has 0 spiro atoms. The molecule has 98 valence electrons. The summed E-state index contributed by atoms with van der Waals surface area (Å²) >= 11 is 0. The van der Waals surface area contributed by atoms with Gasteiger partial charge in [0.25, 0.3) is 0 Å². The second-order valence-corrected chi connectivity index (χ2v) is 5.81. The maximum absolute atomic E-state index is 10.1. The first-order valence-corrected chi connectivity index (χ1v) is 7.36. The van der Waals surface area contributed by atoms with Gasteiger partial charge in [0.2, 0.25) is 0 Å². The van der Waals surface area contributed by atoms with E-state index >= 15 is 0 Å². The lowest BCUT2D eigenvalue weighted by atomic mass is 9.88. The highest BCUT2D eigenvalue weighted by atomic mass is 16.3. The van der Waals surface area contributed by atoms with Crippen LogP contribution in [0.15, 0.2) is 24.3 Å². The van der Waals surface area contributed by atoms with Crippen molar-refractivity contribution < 1.29 is 5.11 Å². The molecule has 1 unspecified atom stereocenters. The van der Waals surface area contributed by atoms with Crippen molar-refractivity contribution in [3.8, 4) is 0 Å². The smallest absolute Gasteiger partial charge is 0.0826 e. The molecule has 1 aliphatic carbocycles. The second kappa shape index (κ2) is 5.31. The quantitative estimate of drug-likeness (QED) is 0.862. The number of anilines is 1. The summed E-state index contributed by atoms with van der Waals surface area (Å²) < 4.78 is 0. The van der Waals surface area contributed by atoms with Gasteiger partial charge in [-0.2, -0.15) is 0 Å². The zero-order chi connectivity index (χ0) is 12.4. The van der Waals surface area contributed by atoms with Crippen LogP contribution in [0.5, 0.6) is 0 Å². The Balaban J connectivity index is 1.75. The van der Waals surface area contributed by atoms with Gasteiger partial charge in [0.15, 0.2) is 0 Å². The maximum atomic E-state index is 10.1. The molecule has 1 atom stereocenters. The molecule has 2 aliphatic rings. The van der Waals surface area contributed by atoms with E-state index in [2.05, 4.69) is 23.1 Å². The molecule has 3 rings (SSSR count). The Morgan fingerprint density at radius 2 is 1.83 bits per heavy atom. The van der Waals surface area contributed by atoms with Crippen LogP contribution in [0.2, 0.25) is 0 Å². The van der Waals surface area contributed by atoms with Crippen LogP contribution in [0.4, 0.5) is 5.69 Å². The van der Waals surface area contributed by atoms with Crippen molar-refractivity contribution in [2.75, 3.05) is 18.0 Å². The molecule has 0 saturated heterocycles. The minimum absolute atomic E-state index is 0.260. The third kappa shape index (κ3) is 2.39. The number of hydrogen-bond acceptors (Lipinski definition) is 2. The predicted molar refractivity (Wildman–Crippen MR) is 74.8 cm³/mol. The summed E-state index contributed by atoms with van der Waals surface area (Å²) in [6.07, 6.45) is 7.63. The van der Waals surface area contributed by atoms with Crippen LogP contribution in [0.25, 0.3) is 0 Å². The third-order valence-electron chi connectivity index (χ3n) is 4.51. The van der Waals surface area contributed by atoms with Gasteiger partial charge in [0.1, 0.15) is 0 Å². The molecule has 1 aromatic rings. The average molecular weight is 245 g/mol. The van der Waals surface area contributed by atoms with Gasteiger partial charge in [-0.3, -0.25) is 0 Å². The lowest BCUT2D eigenvalue weighted by Crippen LogP contribution is -2.35. The Morgan fingerprint density at radius 1 is 1.06 bits per heavy atom. The van der Waals surface area contributed by atoms with Gasteiger partial charge in [0.05, 0.1) is 6.10 Å². The molecule has 1 saturated carbocycles. The van der Waals surface area contributed by atoms with Gasteiger partial charge < -0.3 is 10.0 Å². The Morgan fingerprint density at radius 3 is 2.67 bits per heavy atom. The molecular weight excluding hydrogens is 222 g/mol. The molecular formula is C16H23NO. The molecule has 0 aromatic heterocycles. The molecule has 18 heavy (non-hydrogen) atoms. The molecule has 1 aliphatic heterocycles. The molecule has 1 fully saturated rings. The van der Waals surface area contributed by atoms with Crippen LogP contribution in [0.1, 0.15) is 50.2 Å². The van der Waals surface area contributed by atoms with Crippen LogP contribution >= 0.6 is 0 Å². The maximum Gasteiger partial charge on any atom is 0.0826 e. The summed E-state index contributed by atoms with van der Waals surface area (Å²) in [6.45, 7) is 2.19. The van der Waals surface area contributed by atoms with E-state index in [1.54, 1.807) is 0 Å². The van der Waals surface area contributed by atoms with Gasteiger partial charge in [-0.25, -0.2) is 0 Å². The van der Waals surface area contributed by atoms with Crippen molar-refractivity contribution in [2.45, 2.75) is 44.6 Å². The highest BCUT2D eigenvalue weighted by Gasteiger charge is 2.25. The highest BCUT2D eigenvalue weighted by Crippen LogP contribution is 2.35. The van der Waals surface area contributed by atoms with Crippen molar-refractivity contribution in [2.24, 2.45) is 5.92 Å². The lowest BCUT2D eigenvalue weighted by Gasteiger charge is -2.37. The molecule has 0 amide bonds. The van der Waals surface area contributed by atoms with Gasteiger partial charge in [-0.15, -0.1) is 0 Å². The second-order valence-electron chi connectivity index (χ2n) is 5.81. The molecule has 1 heterocycles. The van der Waals surface area contributed by atoms with E-state index in [0.29, 0.717) is 0 Å². The number of benzene rings is 1. The number of rotatable bonds is 2. The van der Waals surface area contributed by atoms with Crippen molar-refractivity contribution in [1.29, 1.82) is 0 Å². The fourth-order valence-electron chi connectivity index (χ4n) is 3.48. The Bertz CT molecular complexity index is 398. The van der Waals surface area contributed by atoms with E-state index in [1.807, 2.05) is 6.07 Å². The van der Waals surface area contributed by atoms with E-state index in [0.717, 1.165) is 24.4 Å². The van der Waals surface area contributed by atoms with Crippen LogP contribution in [-0.4, -0.2) is 18.2 Å². The van der Waals surface area contributed by atoms with E-state index in [4.69, 9.17) is 0 Å². The number of nitrogens with zero attached hydrogens (tertiary/aromatic N) is 1. The summed E-state index contributed by atoms with van der Waals surface area (Å²) in [5.74, 6) is 0.863. The molecule has 0 bridgehead atoms. The summed E-state index contributed by atoms with van der Waals surface area (Å²) in [7, 11) is 0. The van der Waals surface area contributed by atoms with Crippen molar-refractivity contribution in [3.63, 3.8) is 0 Å². The van der Waals surface area contributed by atoms with Gasteiger partial charge in [-0.1, -0.05) is 37.5 Å². The number of aliphatic hydroxyl groups is 1. The normalized spacial score (nSPS) is 24.9. The molecule has 0 radical (unpaired) electrons. The lowest BCUT2D eigenvalue weighted by molar-refractivity contribution is 0.163. The summed E-state index contributed by atoms with van der Waals surface area (Å²) in [4.78, 5) is 2.50. The first-order chi connectivity index (χ1) is 8.84.